The molecule has 1 fully saturated rings. The highest BCUT2D eigenvalue weighted by molar-refractivity contribution is 8.02. The second kappa shape index (κ2) is 9.85. The number of hydrogen-bond donors (Lipinski definition) is 2. The number of nitrogens with one attached hydrogen (secondary N) is 2. The topological polar surface area (TPSA) is 114 Å². The van der Waals surface area contributed by atoms with Gasteiger partial charge in [-0.05, 0) is 32.0 Å². The number of nitrogens with zero attached hydrogens (tertiary/aromatic N) is 3. The van der Waals surface area contributed by atoms with Crippen molar-refractivity contribution in [2.24, 2.45) is 0 Å². The second-order valence-corrected chi connectivity index (χ2v) is 10.7. The van der Waals surface area contributed by atoms with Crippen molar-refractivity contribution in [1.29, 1.82) is 0 Å². The number of aromatic nitrogens is 2. The molecule has 9 nitrogen and oxygen atoms in total. The number of amides is 1. The third-order valence-electron chi connectivity index (χ3n) is 4.09. The lowest BCUT2D eigenvalue weighted by atomic mass is 10.3. The average molecular weight is 458 g/mol. The number of carbonyl (C=O) groups excluding carboxylic acids is 1. The Balaban J connectivity index is 1.64. The highest BCUT2D eigenvalue weighted by atomic mass is 32.2. The van der Waals surface area contributed by atoms with E-state index in [1.54, 1.807) is 19.1 Å². The minimum atomic E-state index is -3.62. The molecule has 0 spiro atoms. The van der Waals surface area contributed by atoms with Crippen LogP contribution in [0, 0.1) is 0 Å². The zero-order valence-electron chi connectivity index (χ0n) is 16.1. The molecule has 2 N–H and O–H groups in total. The van der Waals surface area contributed by atoms with Crippen LogP contribution < -0.4 is 10.6 Å². The van der Waals surface area contributed by atoms with Gasteiger partial charge in [0.25, 0.3) is 0 Å². The van der Waals surface area contributed by atoms with Crippen LogP contribution in [0.5, 0.6) is 0 Å². The molecule has 1 aromatic carbocycles. The lowest BCUT2D eigenvalue weighted by Crippen LogP contribution is -2.40. The molecule has 0 aliphatic carbocycles. The van der Waals surface area contributed by atoms with Crippen LogP contribution in [-0.2, 0) is 19.6 Å². The van der Waals surface area contributed by atoms with Gasteiger partial charge in [0.15, 0.2) is 4.34 Å². The fraction of sp³-hybridized carbons (Fsp3) is 0.471. The lowest BCUT2D eigenvalue weighted by molar-refractivity contribution is -0.115. The number of morpholine rings is 1. The first-order valence-corrected chi connectivity index (χ1v) is 12.3. The van der Waals surface area contributed by atoms with Gasteiger partial charge in [-0.2, -0.15) is 4.31 Å². The van der Waals surface area contributed by atoms with Gasteiger partial charge in [-0.3, -0.25) is 4.79 Å². The van der Waals surface area contributed by atoms with E-state index in [-0.39, 0.29) is 10.8 Å². The summed E-state index contributed by atoms with van der Waals surface area (Å²) in [5.41, 5.74) is 0.433. The fourth-order valence-corrected chi connectivity index (χ4v) is 6.02. The van der Waals surface area contributed by atoms with E-state index in [1.165, 1.54) is 39.5 Å². The number of benzene rings is 1. The molecule has 1 aromatic heterocycles. The standard InChI is InChI=1S/C17H23N5O4S3/c1-3-18-16-20-21-17(28-16)27-12(2)15(23)19-13-5-4-6-14(11-13)29(24,25)22-7-9-26-10-8-22/h4-6,11-12H,3,7-10H2,1-2H3,(H,18,20)(H,19,23)/t12-/m1/s1. The Morgan fingerprint density at radius 2 is 2.10 bits per heavy atom. The number of anilines is 2. The summed E-state index contributed by atoms with van der Waals surface area (Å²) in [6.07, 6.45) is 0. The molecule has 3 rings (SSSR count). The van der Waals surface area contributed by atoms with Gasteiger partial charge < -0.3 is 15.4 Å². The number of sulfonamides is 1. The normalized spacial score (nSPS) is 16.3. The van der Waals surface area contributed by atoms with Gasteiger partial charge in [-0.25, -0.2) is 8.42 Å². The maximum Gasteiger partial charge on any atom is 0.243 e. The highest BCUT2D eigenvalue weighted by Gasteiger charge is 2.26. The van der Waals surface area contributed by atoms with Crippen molar-refractivity contribution in [1.82, 2.24) is 14.5 Å². The van der Waals surface area contributed by atoms with Crippen molar-refractivity contribution in [2.75, 3.05) is 43.5 Å². The summed E-state index contributed by atoms with van der Waals surface area (Å²) in [4.78, 5) is 12.7. The van der Waals surface area contributed by atoms with E-state index in [1.807, 2.05) is 6.92 Å². The van der Waals surface area contributed by atoms with Gasteiger partial charge in [0.2, 0.25) is 21.1 Å². The summed E-state index contributed by atoms with van der Waals surface area (Å²) < 4.78 is 32.9. The quantitative estimate of drug-likeness (QED) is 0.580. The molecule has 0 bridgehead atoms. The van der Waals surface area contributed by atoms with E-state index in [0.717, 1.165) is 6.54 Å². The Morgan fingerprint density at radius 3 is 2.83 bits per heavy atom. The van der Waals surface area contributed by atoms with Gasteiger partial charge in [0.1, 0.15) is 0 Å². The fourth-order valence-electron chi connectivity index (χ4n) is 2.60. The van der Waals surface area contributed by atoms with E-state index in [2.05, 4.69) is 20.8 Å². The number of rotatable bonds is 8. The predicted molar refractivity (Wildman–Crippen MR) is 114 cm³/mol. The molecule has 1 amide bonds. The Hall–Kier alpha value is -1.73. The van der Waals surface area contributed by atoms with Crippen LogP contribution in [0.1, 0.15) is 13.8 Å². The first-order chi connectivity index (χ1) is 13.9. The predicted octanol–water partition coefficient (Wildman–Crippen LogP) is 2.11. The van der Waals surface area contributed by atoms with Crippen molar-refractivity contribution < 1.29 is 17.9 Å². The number of thioether (sulfide) groups is 1. The molecular weight excluding hydrogens is 434 g/mol. The van der Waals surface area contributed by atoms with Crippen LogP contribution in [0.3, 0.4) is 0 Å². The zero-order chi connectivity index (χ0) is 20.9. The molecule has 2 aromatic rings. The molecular formula is C17H23N5O4S3. The van der Waals surface area contributed by atoms with E-state index in [4.69, 9.17) is 4.74 Å². The average Bonchev–Trinajstić information content (AvgIpc) is 3.16. The molecule has 158 valence electrons. The molecule has 12 heteroatoms. The Kier molecular flexibility index (Phi) is 7.46. The van der Waals surface area contributed by atoms with E-state index < -0.39 is 15.3 Å². The number of ether oxygens (including phenoxy) is 1. The molecule has 1 aliphatic rings. The summed E-state index contributed by atoms with van der Waals surface area (Å²) in [5.74, 6) is -0.240. The minimum absolute atomic E-state index is 0.150. The van der Waals surface area contributed by atoms with Crippen LogP contribution in [-0.4, -0.2) is 66.9 Å². The van der Waals surface area contributed by atoms with Crippen LogP contribution in [0.15, 0.2) is 33.5 Å². The number of carbonyl (C=O) groups is 1. The summed E-state index contributed by atoms with van der Waals surface area (Å²) in [6.45, 7) is 5.89. The van der Waals surface area contributed by atoms with Gasteiger partial charge in [-0.1, -0.05) is 29.2 Å². The first kappa shape index (κ1) is 22.0. The van der Waals surface area contributed by atoms with Crippen molar-refractivity contribution in [3.63, 3.8) is 0 Å². The van der Waals surface area contributed by atoms with Crippen LogP contribution in [0.4, 0.5) is 10.8 Å². The highest BCUT2D eigenvalue weighted by Crippen LogP contribution is 2.29. The second-order valence-electron chi connectivity index (χ2n) is 6.20. The van der Waals surface area contributed by atoms with Gasteiger partial charge in [0.05, 0.1) is 23.4 Å². The Labute approximate surface area is 178 Å². The monoisotopic (exact) mass is 457 g/mol. The first-order valence-electron chi connectivity index (χ1n) is 9.13. The third kappa shape index (κ3) is 5.66. The summed E-state index contributed by atoms with van der Waals surface area (Å²) in [7, 11) is -3.62. The third-order valence-corrected chi connectivity index (χ3v) is 8.05. The van der Waals surface area contributed by atoms with Gasteiger partial charge in [0, 0.05) is 25.3 Å². The lowest BCUT2D eigenvalue weighted by Gasteiger charge is -2.26. The molecule has 1 aliphatic heterocycles. The van der Waals surface area contributed by atoms with E-state index >= 15 is 0 Å². The van der Waals surface area contributed by atoms with Gasteiger partial charge in [-0.15, -0.1) is 10.2 Å². The van der Waals surface area contributed by atoms with E-state index in [9.17, 15) is 13.2 Å². The van der Waals surface area contributed by atoms with Crippen LogP contribution in [0.2, 0.25) is 0 Å². The number of hydrogen-bond acceptors (Lipinski definition) is 9. The Bertz CT molecular complexity index is 944. The maximum absolute atomic E-state index is 12.8. The summed E-state index contributed by atoms with van der Waals surface area (Å²) >= 11 is 2.69. The molecule has 0 unspecified atom stereocenters. The zero-order valence-corrected chi connectivity index (χ0v) is 18.6. The van der Waals surface area contributed by atoms with Crippen LogP contribution in [0.25, 0.3) is 0 Å². The SMILES string of the molecule is CCNc1nnc(S[C@H](C)C(=O)Nc2cccc(S(=O)(=O)N3CCOCC3)c2)s1. The minimum Gasteiger partial charge on any atom is -0.379 e. The van der Waals surface area contributed by atoms with Crippen molar-refractivity contribution >= 4 is 49.8 Å². The molecule has 29 heavy (non-hydrogen) atoms. The van der Waals surface area contributed by atoms with Crippen molar-refractivity contribution in [3.8, 4) is 0 Å². The molecule has 0 saturated carbocycles. The Morgan fingerprint density at radius 1 is 1.34 bits per heavy atom. The summed E-state index contributed by atoms with van der Waals surface area (Å²) in [6, 6.07) is 6.30. The largest absolute Gasteiger partial charge is 0.379 e. The molecule has 1 atom stereocenters. The molecule has 0 radical (unpaired) electrons. The molecule has 1 saturated heterocycles. The summed E-state index contributed by atoms with van der Waals surface area (Å²) in [5, 5.41) is 14.2. The molecule has 2 heterocycles. The van der Waals surface area contributed by atoms with Crippen LogP contribution >= 0.6 is 23.1 Å². The van der Waals surface area contributed by atoms with Crippen molar-refractivity contribution in [2.45, 2.75) is 28.3 Å². The van der Waals surface area contributed by atoms with Gasteiger partial charge >= 0.3 is 0 Å². The van der Waals surface area contributed by atoms with E-state index in [0.29, 0.717) is 41.5 Å². The van der Waals surface area contributed by atoms with Crippen molar-refractivity contribution in [3.05, 3.63) is 24.3 Å². The maximum atomic E-state index is 12.8. The smallest absolute Gasteiger partial charge is 0.243 e.